The lowest BCUT2D eigenvalue weighted by atomic mass is 10.1. The molecule has 1 aliphatic rings. The highest BCUT2D eigenvalue weighted by atomic mass is 32.2. The molecule has 0 aromatic heterocycles. The molecular weight excluding hydrogens is 333 g/mol. The molecule has 126 valence electrons. The van der Waals surface area contributed by atoms with Crippen LogP contribution < -0.4 is 0 Å². The lowest BCUT2D eigenvalue weighted by Gasteiger charge is -2.34. The molecule has 0 unspecified atom stereocenters. The van der Waals surface area contributed by atoms with Crippen molar-refractivity contribution in [3.05, 3.63) is 29.3 Å². The van der Waals surface area contributed by atoms with Crippen molar-refractivity contribution in [3.8, 4) is 6.07 Å². The Morgan fingerprint density at radius 1 is 1.26 bits per heavy atom. The van der Waals surface area contributed by atoms with Gasteiger partial charge in [0.25, 0.3) is 0 Å². The quantitative estimate of drug-likeness (QED) is 0.823. The third-order valence-corrected chi connectivity index (χ3v) is 5.29. The number of morpholine rings is 1. The van der Waals surface area contributed by atoms with E-state index < -0.39 is 38.9 Å². The molecule has 0 N–H and O–H groups in total. The number of nitriles is 1. The second-order valence-electron chi connectivity index (χ2n) is 5.40. The van der Waals surface area contributed by atoms with E-state index in [-0.39, 0.29) is 18.7 Å². The molecule has 1 aromatic rings. The molecule has 1 aromatic carbocycles. The van der Waals surface area contributed by atoms with Crippen molar-refractivity contribution < 1.29 is 26.3 Å². The minimum absolute atomic E-state index is 0.0409. The summed E-state index contributed by atoms with van der Waals surface area (Å²) in [5, 5.41) is 8.86. The number of hydrogen-bond donors (Lipinski definition) is 0. The molecule has 0 radical (unpaired) electrons. The molecule has 2 atom stereocenters. The fourth-order valence-corrected chi connectivity index (χ4v) is 4.33. The lowest BCUT2D eigenvalue weighted by Crippen LogP contribution is -2.48. The number of alkyl halides is 3. The molecule has 0 spiro atoms. The van der Waals surface area contributed by atoms with Gasteiger partial charge in [0, 0.05) is 13.1 Å². The third kappa shape index (κ3) is 3.65. The second-order valence-corrected chi connectivity index (χ2v) is 7.31. The molecular formula is C14H15F3N2O3S. The Morgan fingerprint density at radius 2 is 1.83 bits per heavy atom. The fraction of sp³-hybridized carbons (Fsp3) is 0.500. The van der Waals surface area contributed by atoms with Crippen molar-refractivity contribution in [2.75, 3.05) is 13.1 Å². The Balaban J connectivity index is 2.56. The molecule has 0 aliphatic carbocycles. The number of hydrogen-bond acceptors (Lipinski definition) is 4. The van der Waals surface area contributed by atoms with Crippen molar-refractivity contribution >= 4 is 10.0 Å². The highest BCUT2D eigenvalue weighted by Gasteiger charge is 2.41. The zero-order valence-electron chi connectivity index (χ0n) is 12.5. The van der Waals surface area contributed by atoms with E-state index in [0.29, 0.717) is 6.07 Å². The average Bonchev–Trinajstić information content (AvgIpc) is 2.44. The number of halogens is 3. The van der Waals surface area contributed by atoms with E-state index in [2.05, 4.69) is 0 Å². The molecule has 1 heterocycles. The molecule has 9 heteroatoms. The van der Waals surface area contributed by atoms with Crippen LogP contribution in [0.3, 0.4) is 0 Å². The summed E-state index contributed by atoms with van der Waals surface area (Å²) in [7, 11) is -4.39. The molecule has 5 nitrogen and oxygen atoms in total. The predicted molar refractivity (Wildman–Crippen MR) is 74.9 cm³/mol. The molecule has 0 amide bonds. The number of nitrogens with zero attached hydrogens (tertiary/aromatic N) is 2. The van der Waals surface area contributed by atoms with Gasteiger partial charge in [0.1, 0.15) is 0 Å². The van der Waals surface area contributed by atoms with Crippen LogP contribution in [0.15, 0.2) is 23.1 Å². The Kier molecular flexibility index (Phi) is 4.71. The molecule has 1 saturated heterocycles. The summed E-state index contributed by atoms with van der Waals surface area (Å²) >= 11 is 0. The maximum Gasteiger partial charge on any atom is 0.417 e. The minimum atomic E-state index is -4.83. The van der Waals surface area contributed by atoms with Gasteiger partial charge in [0.2, 0.25) is 10.0 Å². The van der Waals surface area contributed by atoms with Crippen LogP contribution in [-0.4, -0.2) is 38.0 Å². The van der Waals surface area contributed by atoms with Gasteiger partial charge in [-0.15, -0.1) is 0 Å². The Bertz CT molecular complexity index is 731. The van der Waals surface area contributed by atoms with Crippen LogP contribution in [-0.2, 0) is 20.9 Å². The average molecular weight is 348 g/mol. The summed E-state index contributed by atoms with van der Waals surface area (Å²) < 4.78 is 71.2. The van der Waals surface area contributed by atoms with Crippen molar-refractivity contribution in [2.45, 2.75) is 37.1 Å². The van der Waals surface area contributed by atoms with Crippen molar-refractivity contribution in [1.82, 2.24) is 4.31 Å². The third-order valence-electron chi connectivity index (χ3n) is 3.42. The topological polar surface area (TPSA) is 70.4 Å². The monoisotopic (exact) mass is 348 g/mol. The number of benzene rings is 1. The van der Waals surface area contributed by atoms with Crippen LogP contribution >= 0.6 is 0 Å². The molecule has 0 bridgehead atoms. The van der Waals surface area contributed by atoms with Crippen LogP contribution in [0.25, 0.3) is 0 Å². The summed E-state index contributed by atoms with van der Waals surface area (Å²) in [5.74, 6) is 0. The van der Waals surface area contributed by atoms with Gasteiger partial charge < -0.3 is 4.74 Å². The van der Waals surface area contributed by atoms with Gasteiger partial charge in [-0.2, -0.15) is 22.7 Å². The van der Waals surface area contributed by atoms with E-state index >= 15 is 0 Å². The summed E-state index contributed by atoms with van der Waals surface area (Å²) in [6, 6.07) is 4.00. The van der Waals surface area contributed by atoms with E-state index in [1.54, 1.807) is 19.9 Å². The first-order valence-corrected chi connectivity index (χ1v) is 8.26. The standard InChI is InChI=1S/C14H15F3N2O3S/c1-9-7-19(8-10(2)22-9)23(20,21)13-5-11(6-18)3-4-12(13)14(15,16)17/h3-5,9-10H,7-8H2,1-2H3/t9-,10+. The minimum Gasteiger partial charge on any atom is -0.373 e. The number of ether oxygens (including phenoxy) is 1. The van der Waals surface area contributed by atoms with Crippen molar-refractivity contribution in [3.63, 3.8) is 0 Å². The van der Waals surface area contributed by atoms with Gasteiger partial charge in [-0.05, 0) is 32.0 Å². The maximum atomic E-state index is 13.1. The van der Waals surface area contributed by atoms with Crippen LogP contribution in [0.1, 0.15) is 25.0 Å². The highest BCUT2D eigenvalue weighted by molar-refractivity contribution is 7.89. The van der Waals surface area contributed by atoms with E-state index in [1.807, 2.05) is 0 Å². The van der Waals surface area contributed by atoms with E-state index in [0.717, 1.165) is 16.4 Å². The van der Waals surface area contributed by atoms with Gasteiger partial charge in [0.05, 0.1) is 34.3 Å². The first-order chi connectivity index (χ1) is 10.6. The first-order valence-electron chi connectivity index (χ1n) is 6.82. The summed E-state index contributed by atoms with van der Waals surface area (Å²) in [4.78, 5) is -0.898. The Morgan fingerprint density at radius 3 is 2.30 bits per heavy atom. The maximum absolute atomic E-state index is 13.1. The highest BCUT2D eigenvalue weighted by Crippen LogP contribution is 2.36. The molecule has 0 saturated carbocycles. The summed E-state index contributed by atoms with van der Waals surface area (Å²) in [5.41, 5.74) is -1.42. The van der Waals surface area contributed by atoms with Gasteiger partial charge in [0.15, 0.2) is 0 Å². The normalized spacial score (nSPS) is 23.5. The lowest BCUT2D eigenvalue weighted by molar-refractivity contribution is -0.140. The van der Waals surface area contributed by atoms with Gasteiger partial charge in [-0.25, -0.2) is 8.42 Å². The Labute approximate surface area is 132 Å². The van der Waals surface area contributed by atoms with Gasteiger partial charge in [-0.1, -0.05) is 0 Å². The first kappa shape index (κ1) is 17.7. The second kappa shape index (κ2) is 6.11. The largest absolute Gasteiger partial charge is 0.417 e. The number of sulfonamides is 1. The van der Waals surface area contributed by atoms with E-state index in [4.69, 9.17) is 10.00 Å². The number of rotatable bonds is 2. The van der Waals surface area contributed by atoms with E-state index in [9.17, 15) is 21.6 Å². The molecule has 23 heavy (non-hydrogen) atoms. The zero-order valence-corrected chi connectivity index (χ0v) is 13.3. The van der Waals surface area contributed by atoms with Crippen molar-refractivity contribution in [2.24, 2.45) is 0 Å². The molecule has 1 fully saturated rings. The molecule has 1 aliphatic heterocycles. The fourth-order valence-electron chi connectivity index (χ4n) is 2.51. The van der Waals surface area contributed by atoms with Crippen LogP contribution in [0.5, 0.6) is 0 Å². The van der Waals surface area contributed by atoms with Crippen molar-refractivity contribution in [1.29, 1.82) is 5.26 Å². The van der Waals surface area contributed by atoms with Crippen LogP contribution in [0, 0.1) is 11.3 Å². The van der Waals surface area contributed by atoms with Crippen LogP contribution in [0.2, 0.25) is 0 Å². The summed E-state index contributed by atoms with van der Waals surface area (Å²) in [6.45, 7) is 3.21. The SMILES string of the molecule is C[C@@H]1CN(S(=O)(=O)c2cc(C#N)ccc2C(F)(F)F)C[C@H](C)O1. The van der Waals surface area contributed by atoms with Crippen LogP contribution in [0.4, 0.5) is 13.2 Å². The zero-order chi connectivity index (χ0) is 17.4. The van der Waals surface area contributed by atoms with E-state index in [1.165, 1.54) is 0 Å². The Hall–Kier alpha value is -1.63. The molecule has 2 rings (SSSR count). The van der Waals surface area contributed by atoms with Gasteiger partial charge in [-0.3, -0.25) is 0 Å². The predicted octanol–water partition coefficient (Wildman–Crippen LogP) is 2.37. The smallest absolute Gasteiger partial charge is 0.373 e. The van der Waals surface area contributed by atoms with Gasteiger partial charge >= 0.3 is 6.18 Å². The summed E-state index contributed by atoms with van der Waals surface area (Å²) in [6.07, 6.45) is -5.69.